The molecule has 0 N–H and O–H groups in total. The number of rotatable bonds is 18. The van der Waals surface area contributed by atoms with Crippen LogP contribution in [0.2, 0.25) is 0 Å². The smallest absolute Gasteiger partial charge is 0.870 e. The number of benzene rings is 8. The summed E-state index contributed by atoms with van der Waals surface area (Å²) in [4.78, 5) is 34.5. The first kappa shape index (κ1) is 78.8. The van der Waals surface area contributed by atoms with Gasteiger partial charge in [0.05, 0.1) is 60.7 Å². The minimum absolute atomic E-state index is 0. The molecule has 0 bridgehead atoms. The Morgan fingerprint density at radius 2 is 0.575 bits per heavy atom. The molecule has 0 atom stereocenters. The molecule has 0 fully saturated rings. The maximum atomic E-state index is 11.9. The zero-order valence-corrected chi connectivity index (χ0v) is 57.2. The van der Waals surface area contributed by atoms with Crippen molar-refractivity contribution in [1.29, 1.82) is 5.26 Å². The number of carboxylic acids is 2. The molecular formula is C66H65BN5O12TmZn2. The molecule has 87 heavy (non-hydrogen) atoms. The van der Waals surface area contributed by atoms with Gasteiger partial charge in [0, 0.05) is 43.7 Å². The van der Waals surface area contributed by atoms with Crippen LogP contribution < -0.4 is 71.4 Å². The Morgan fingerprint density at radius 3 is 0.736 bits per heavy atom. The predicted octanol–water partition coefficient (Wildman–Crippen LogP) is 3.88. The van der Waals surface area contributed by atoms with Gasteiger partial charge in [0.1, 0.15) is 29.1 Å². The van der Waals surface area contributed by atoms with Crippen LogP contribution in [0.1, 0.15) is 43.0 Å². The van der Waals surface area contributed by atoms with Crippen molar-refractivity contribution in [2.75, 3.05) is 54.6 Å². The molecule has 0 amide bonds. The van der Waals surface area contributed by atoms with Crippen LogP contribution in [-0.4, -0.2) is 97.6 Å². The van der Waals surface area contributed by atoms with Crippen molar-refractivity contribution in [1.82, 2.24) is 0 Å². The van der Waals surface area contributed by atoms with Crippen LogP contribution in [0.25, 0.3) is 0 Å². The number of aliphatic carboxylic acids is 2. The summed E-state index contributed by atoms with van der Waals surface area (Å²) in [5.41, 5.74) is 7.22. The van der Waals surface area contributed by atoms with E-state index in [1.165, 1.54) is 82.1 Å². The number of nitriles is 1. The maximum absolute atomic E-state index is 11.9. The van der Waals surface area contributed by atoms with Crippen LogP contribution in [0, 0.1) is 48.2 Å². The Hall–Kier alpha value is -8.18. The van der Waals surface area contributed by atoms with E-state index >= 15 is 0 Å². The number of aliphatic imine (C=N–C) groups is 4. The zero-order valence-electron chi connectivity index (χ0n) is 49.5. The normalized spacial score (nSPS) is 10.1. The van der Waals surface area contributed by atoms with Gasteiger partial charge in [-0.15, -0.1) is 0 Å². The molecule has 0 saturated carbocycles. The fourth-order valence-electron chi connectivity index (χ4n) is 8.18. The number of ether oxygens (including phenoxy) is 4. The van der Waals surface area contributed by atoms with Gasteiger partial charge in [-0.2, -0.15) is 27.1 Å². The largest absolute Gasteiger partial charge is 3.00 e. The first-order chi connectivity index (χ1) is 40.6. The van der Waals surface area contributed by atoms with Crippen LogP contribution in [0.3, 0.4) is 0 Å². The van der Waals surface area contributed by atoms with Gasteiger partial charge in [-0.25, -0.2) is 0 Å². The second-order valence-electron chi connectivity index (χ2n) is 17.4. The second-order valence-corrected chi connectivity index (χ2v) is 17.4. The topological polar surface area (TPSA) is 283 Å². The third kappa shape index (κ3) is 26.5. The van der Waals surface area contributed by atoms with E-state index in [0.29, 0.717) is 48.4 Å². The SMILES string of the molecule is CC#N.CC(=O)[O-].CC(=O)[O-].COc1cccc(C=NCCN=Cc2cccc(OC)c2[O-])c1[O-].COc1cccc(C=NCCN=Cc2cccc(OC)c2[O-])c1[O-].[Tm+3].[Zn+2].[Zn+2].c1ccc([B-](c2ccccc2)(c2ccccc2)c2ccccc2)cc1. The van der Waals surface area contributed by atoms with Crippen LogP contribution in [0.15, 0.2) is 214 Å². The molecule has 0 unspecified atom stereocenters. The number of methoxy groups -OCH3 is 4. The van der Waals surface area contributed by atoms with E-state index in [1.54, 1.807) is 78.9 Å². The average Bonchev–Trinajstić information content (AvgIpc) is 0.904. The molecule has 21 heteroatoms. The summed E-state index contributed by atoms with van der Waals surface area (Å²) in [6.07, 6.45) is 4.80. The van der Waals surface area contributed by atoms with E-state index in [1.807, 2.05) is 0 Å². The van der Waals surface area contributed by atoms with Crippen LogP contribution in [0.4, 0.5) is 0 Å². The Kier molecular flexibility index (Phi) is 40.9. The van der Waals surface area contributed by atoms with Gasteiger partial charge in [0.25, 0.3) is 0 Å². The molecule has 8 rings (SSSR count). The standard InChI is InChI=1S/C24H20B.2C18H20N2O4.C2H3N.2C2H4O2.Tm.2Zn/c1-5-13-21(14-6-1)25(22-15-7-2-8-16-22,23-17-9-3-10-18-23)24-19-11-4-12-20-24;2*1-23-15-7-3-5-13(17(15)21)11-19-9-10-20-12-14-6-4-8-16(24-2)18(14)22;1-2-3;2*1-2(3)4;;;/h1-20H;2*3-8,11-12,21-22H,9-10H2,1-2H3;1H3;2*1H3,(H,3,4);;;/q-1;;;;;;+3;2*+2/p-6. The van der Waals surface area contributed by atoms with Crippen molar-refractivity contribution in [2.45, 2.75) is 20.8 Å². The van der Waals surface area contributed by atoms with Crippen molar-refractivity contribution >= 4 is 64.8 Å². The van der Waals surface area contributed by atoms with Gasteiger partial charge in [0.2, 0.25) is 0 Å². The fourth-order valence-corrected chi connectivity index (χ4v) is 8.18. The average molecular weight is 1430 g/mol. The Bertz CT molecular complexity index is 2980. The van der Waals surface area contributed by atoms with Crippen LogP contribution in [-0.2, 0) is 48.5 Å². The molecule has 0 aliphatic rings. The Labute approximate surface area is 564 Å². The molecule has 446 valence electrons. The molecule has 0 saturated heterocycles. The molecular weight excluding hydrogens is 1370 g/mol. The molecule has 0 aliphatic heterocycles. The zero-order chi connectivity index (χ0) is 61.5. The summed E-state index contributed by atoms with van der Waals surface area (Å²) in [5, 5.41) is 72.7. The quantitative estimate of drug-likeness (QED) is 0.0671. The van der Waals surface area contributed by atoms with Crippen molar-refractivity contribution in [3.63, 3.8) is 0 Å². The molecule has 17 nitrogen and oxygen atoms in total. The molecule has 0 aliphatic carbocycles. The summed E-state index contributed by atoms with van der Waals surface area (Å²) >= 11 is 0. The van der Waals surface area contributed by atoms with Gasteiger partial charge in [0.15, 0.2) is 0 Å². The third-order valence-electron chi connectivity index (χ3n) is 11.8. The summed E-state index contributed by atoms with van der Waals surface area (Å²) in [6, 6.07) is 65.4. The number of carbonyl (C=O) groups excluding carboxylic acids is 2. The molecule has 8 aromatic carbocycles. The summed E-state index contributed by atoms with van der Waals surface area (Å²) in [7, 11) is 5.81. The van der Waals surface area contributed by atoms with E-state index in [4.69, 9.17) is 44.0 Å². The van der Waals surface area contributed by atoms with Gasteiger partial charge in [-0.3, -0.25) is 20.0 Å². The number of nitrogens with zero attached hydrogens (tertiary/aromatic N) is 5. The van der Waals surface area contributed by atoms with Crippen LogP contribution in [0.5, 0.6) is 46.0 Å². The van der Waals surface area contributed by atoms with Crippen molar-refractivity contribution in [2.24, 2.45) is 20.0 Å². The molecule has 0 heterocycles. The Balaban J connectivity index is 0.00000115. The number of carbonyl (C=O) groups is 2. The maximum Gasteiger partial charge on any atom is 3.00 e. The van der Waals surface area contributed by atoms with Crippen LogP contribution >= 0.6 is 0 Å². The van der Waals surface area contributed by atoms with Crippen molar-refractivity contribution in [3.05, 3.63) is 216 Å². The van der Waals surface area contributed by atoms with E-state index in [9.17, 15) is 20.4 Å². The summed E-state index contributed by atoms with van der Waals surface area (Å²) in [6.45, 7) is 5.01. The van der Waals surface area contributed by atoms with E-state index < -0.39 is 18.1 Å². The monoisotopic (exact) mass is 1430 g/mol. The van der Waals surface area contributed by atoms with Crippen molar-refractivity contribution < 1.29 is 135 Å². The molecule has 8 aromatic rings. The minimum atomic E-state index is -1.22. The predicted molar refractivity (Wildman–Crippen MR) is 322 cm³/mol. The first-order valence-electron chi connectivity index (χ1n) is 26.0. The van der Waals surface area contributed by atoms with Gasteiger partial charge >= 0.3 is 75.8 Å². The fraction of sp³-hybridized carbons (Fsp3) is 0.167. The van der Waals surface area contributed by atoms with E-state index in [2.05, 4.69) is 141 Å². The molecule has 0 radical (unpaired) electrons. The van der Waals surface area contributed by atoms with Gasteiger partial charge in [-0.1, -0.05) is 193 Å². The number of carboxylic acid groups (broad SMARTS) is 2. The first-order valence-corrected chi connectivity index (χ1v) is 26.0. The van der Waals surface area contributed by atoms with Gasteiger partial charge in [-0.05, 0) is 60.4 Å². The number of para-hydroxylation sites is 4. The van der Waals surface area contributed by atoms with Gasteiger partial charge < -0.3 is 59.2 Å². The van der Waals surface area contributed by atoms with Crippen molar-refractivity contribution in [3.8, 4) is 52.1 Å². The third-order valence-corrected chi connectivity index (χ3v) is 11.8. The molecule has 0 spiro atoms. The number of hydrogen-bond donors (Lipinski definition) is 0. The summed E-state index contributed by atoms with van der Waals surface area (Å²) < 4.78 is 19.9. The Morgan fingerprint density at radius 1 is 0.402 bits per heavy atom. The number of hydrogen-bond acceptors (Lipinski definition) is 17. The van der Waals surface area contributed by atoms with E-state index in [0.717, 1.165) is 13.8 Å². The molecule has 0 aromatic heterocycles. The minimum Gasteiger partial charge on any atom is -0.870 e. The summed E-state index contributed by atoms with van der Waals surface area (Å²) in [5.74, 6) is -1.79. The van der Waals surface area contributed by atoms with E-state index in [-0.39, 0.29) is 122 Å². The second kappa shape index (κ2) is 45.2.